The molecule has 0 spiro atoms. The van der Waals surface area contributed by atoms with E-state index in [1.54, 1.807) is 14.0 Å². The molecule has 2 heterocycles. The zero-order valence-electron chi connectivity index (χ0n) is 14.1. The number of aryl methyl sites for hydroxylation is 1. The number of carbonyl (C=O) groups is 1. The Balaban J connectivity index is 1.93. The summed E-state index contributed by atoms with van der Waals surface area (Å²) < 4.78 is 6.31. The molecule has 0 radical (unpaired) electrons. The second kappa shape index (κ2) is 7.58. The lowest BCUT2D eigenvalue weighted by atomic mass is 10.2. The maximum absolute atomic E-state index is 12.8. The number of thiophene rings is 1. The molecule has 25 heavy (non-hydrogen) atoms. The summed E-state index contributed by atoms with van der Waals surface area (Å²) in [5, 5.41) is 3.26. The Bertz CT molecular complexity index is 947. The molecule has 0 saturated heterocycles. The zero-order valence-corrected chi connectivity index (χ0v) is 14.9. The van der Waals surface area contributed by atoms with Gasteiger partial charge < -0.3 is 10.1 Å². The van der Waals surface area contributed by atoms with Crippen LogP contribution < -0.4 is 10.9 Å². The molecule has 1 N–H and O–H groups in total. The Morgan fingerprint density at radius 1 is 1.32 bits per heavy atom. The van der Waals surface area contributed by atoms with Crippen molar-refractivity contribution >= 4 is 27.5 Å². The van der Waals surface area contributed by atoms with Gasteiger partial charge in [-0.15, -0.1) is 11.3 Å². The highest BCUT2D eigenvalue weighted by atomic mass is 32.1. The van der Waals surface area contributed by atoms with Crippen LogP contribution in [0.15, 0.2) is 41.2 Å². The van der Waals surface area contributed by atoms with Gasteiger partial charge in [-0.05, 0) is 18.6 Å². The number of amides is 1. The Hall–Kier alpha value is -2.51. The van der Waals surface area contributed by atoms with Crippen LogP contribution in [-0.4, -0.2) is 35.7 Å². The average Bonchev–Trinajstić information content (AvgIpc) is 3.04. The Labute approximate surface area is 149 Å². The lowest BCUT2D eigenvalue weighted by Gasteiger charge is -2.09. The standard InChI is InChI=1S/C18H19N3O3S/c1-12-20-17-14(10-15(25-17)13-6-4-3-5-7-13)18(23)21(12)11-16(22)19-8-9-24-2/h3-7,10H,8-9,11H2,1-2H3,(H,19,22). The van der Waals surface area contributed by atoms with Crippen molar-refractivity contribution < 1.29 is 9.53 Å². The average molecular weight is 357 g/mol. The number of hydrogen-bond acceptors (Lipinski definition) is 5. The monoisotopic (exact) mass is 357 g/mol. The molecule has 0 aliphatic carbocycles. The SMILES string of the molecule is COCCNC(=O)Cn1c(C)nc2sc(-c3ccccc3)cc2c1=O. The number of rotatable bonds is 6. The third-order valence-corrected chi connectivity index (χ3v) is 4.91. The number of ether oxygens (including phenoxy) is 1. The summed E-state index contributed by atoms with van der Waals surface area (Å²) >= 11 is 1.48. The Morgan fingerprint density at radius 2 is 2.08 bits per heavy atom. The maximum Gasteiger partial charge on any atom is 0.262 e. The minimum absolute atomic E-state index is 0.0478. The summed E-state index contributed by atoms with van der Waals surface area (Å²) in [7, 11) is 1.57. The third-order valence-electron chi connectivity index (χ3n) is 3.83. The van der Waals surface area contributed by atoms with E-state index < -0.39 is 0 Å². The van der Waals surface area contributed by atoms with Crippen LogP contribution in [0.2, 0.25) is 0 Å². The van der Waals surface area contributed by atoms with Crippen LogP contribution in [0.4, 0.5) is 0 Å². The van der Waals surface area contributed by atoms with Crippen molar-refractivity contribution in [3.05, 3.63) is 52.6 Å². The van der Waals surface area contributed by atoms with Crippen molar-refractivity contribution in [2.75, 3.05) is 20.3 Å². The molecule has 6 nitrogen and oxygen atoms in total. The van der Waals surface area contributed by atoms with Gasteiger partial charge in [-0.3, -0.25) is 14.2 Å². The van der Waals surface area contributed by atoms with E-state index in [4.69, 9.17) is 4.74 Å². The summed E-state index contributed by atoms with van der Waals surface area (Å²) in [6, 6.07) is 11.7. The van der Waals surface area contributed by atoms with E-state index in [1.165, 1.54) is 15.9 Å². The van der Waals surface area contributed by atoms with Crippen LogP contribution >= 0.6 is 11.3 Å². The molecule has 0 aliphatic rings. The fraction of sp³-hybridized carbons (Fsp3) is 0.278. The molecule has 0 unspecified atom stereocenters. The molecule has 0 aliphatic heterocycles. The number of nitrogens with one attached hydrogen (secondary N) is 1. The predicted octanol–water partition coefficient (Wildman–Crippen LogP) is 2.20. The maximum atomic E-state index is 12.8. The van der Waals surface area contributed by atoms with Gasteiger partial charge in [0.25, 0.3) is 5.56 Å². The molecule has 7 heteroatoms. The molecule has 1 amide bonds. The summed E-state index contributed by atoms with van der Waals surface area (Å²) in [4.78, 5) is 31.0. The fourth-order valence-electron chi connectivity index (χ4n) is 2.54. The minimum atomic E-state index is -0.234. The summed E-state index contributed by atoms with van der Waals surface area (Å²) in [6.07, 6.45) is 0. The number of carbonyl (C=O) groups excluding carboxylic acids is 1. The van der Waals surface area contributed by atoms with Crippen LogP contribution in [0.25, 0.3) is 20.7 Å². The molecule has 3 aromatic rings. The first-order chi connectivity index (χ1) is 12.1. The third kappa shape index (κ3) is 3.78. The quantitative estimate of drug-likeness (QED) is 0.687. The topological polar surface area (TPSA) is 73.2 Å². The number of aromatic nitrogens is 2. The van der Waals surface area contributed by atoms with Crippen molar-refractivity contribution in [2.24, 2.45) is 0 Å². The first-order valence-electron chi connectivity index (χ1n) is 7.92. The summed E-state index contributed by atoms with van der Waals surface area (Å²) in [6.45, 7) is 2.54. The largest absolute Gasteiger partial charge is 0.383 e. The Morgan fingerprint density at radius 3 is 2.80 bits per heavy atom. The van der Waals surface area contributed by atoms with Gasteiger partial charge in [-0.1, -0.05) is 30.3 Å². The molecule has 130 valence electrons. The van der Waals surface area contributed by atoms with Crippen LogP contribution in [0, 0.1) is 6.92 Å². The molecule has 3 rings (SSSR count). The van der Waals surface area contributed by atoms with Gasteiger partial charge in [0.05, 0.1) is 12.0 Å². The molecule has 0 fully saturated rings. The van der Waals surface area contributed by atoms with E-state index in [9.17, 15) is 9.59 Å². The molecular formula is C18H19N3O3S. The highest BCUT2D eigenvalue weighted by Gasteiger charge is 2.14. The van der Waals surface area contributed by atoms with Gasteiger partial charge in [-0.25, -0.2) is 4.98 Å². The van der Waals surface area contributed by atoms with Crippen LogP contribution in [0.1, 0.15) is 5.82 Å². The second-order valence-electron chi connectivity index (χ2n) is 5.59. The number of benzene rings is 1. The van der Waals surface area contributed by atoms with Crippen molar-refractivity contribution in [3.63, 3.8) is 0 Å². The van der Waals surface area contributed by atoms with Gasteiger partial charge in [0.15, 0.2) is 0 Å². The highest BCUT2D eigenvalue weighted by molar-refractivity contribution is 7.21. The van der Waals surface area contributed by atoms with Crippen LogP contribution in [0.5, 0.6) is 0 Å². The number of nitrogens with zero attached hydrogens (tertiary/aromatic N) is 2. The van der Waals surface area contributed by atoms with Crippen molar-refractivity contribution in [1.82, 2.24) is 14.9 Å². The van der Waals surface area contributed by atoms with E-state index >= 15 is 0 Å². The first-order valence-corrected chi connectivity index (χ1v) is 8.74. The van der Waals surface area contributed by atoms with Gasteiger partial charge >= 0.3 is 0 Å². The van der Waals surface area contributed by atoms with E-state index in [1.807, 2.05) is 36.4 Å². The summed E-state index contributed by atoms with van der Waals surface area (Å²) in [5.41, 5.74) is 0.856. The molecule has 1 aromatic carbocycles. The fourth-order valence-corrected chi connectivity index (χ4v) is 3.61. The smallest absolute Gasteiger partial charge is 0.262 e. The van der Waals surface area contributed by atoms with Gasteiger partial charge in [0.1, 0.15) is 17.2 Å². The Kier molecular flexibility index (Phi) is 5.25. The van der Waals surface area contributed by atoms with E-state index in [0.717, 1.165) is 10.4 Å². The van der Waals surface area contributed by atoms with Crippen molar-refractivity contribution in [2.45, 2.75) is 13.5 Å². The lowest BCUT2D eigenvalue weighted by Crippen LogP contribution is -2.35. The predicted molar refractivity (Wildman–Crippen MR) is 98.9 cm³/mol. The lowest BCUT2D eigenvalue weighted by molar-refractivity contribution is -0.121. The van der Waals surface area contributed by atoms with Crippen LogP contribution in [-0.2, 0) is 16.1 Å². The number of methoxy groups -OCH3 is 1. The second-order valence-corrected chi connectivity index (χ2v) is 6.62. The van der Waals surface area contributed by atoms with Crippen molar-refractivity contribution in [3.8, 4) is 10.4 Å². The molecule has 2 aromatic heterocycles. The molecule has 0 saturated carbocycles. The van der Waals surface area contributed by atoms with Crippen LogP contribution in [0.3, 0.4) is 0 Å². The van der Waals surface area contributed by atoms with E-state index in [2.05, 4.69) is 10.3 Å². The molecule has 0 atom stereocenters. The number of fused-ring (bicyclic) bond motifs is 1. The van der Waals surface area contributed by atoms with Gasteiger partial charge in [0.2, 0.25) is 5.91 Å². The van der Waals surface area contributed by atoms with Gasteiger partial charge in [0, 0.05) is 18.5 Å². The van der Waals surface area contributed by atoms with E-state index in [0.29, 0.717) is 29.2 Å². The summed E-state index contributed by atoms with van der Waals surface area (Å²) in [5.74, 6) is 0.294. The highest BCUT2D eigenvalue weighted by Crippen LogP contribution is 2.30. The van der Waals surface area contributed by atoms with Crippen molar-refractivity contribution in [1.29, 1.82) is 0 Å². The molecular weight excluding hydrogens is 338 g/mol. The zero-order chi connectivity index (χ0) is 17.8. The number of hydrogen-bond donors (Lipinski definition) is 1. The van der Waals surface area contributed by atoms with Gasteiger partial charge in [-0.2, -0.15) is 0 Å². The molecule has 0 bridgehead atoms. The van der Waals surface area contributed by atoms with E-state index in [-0.39, 0.29) is 18.0 Å². The first kappa shape index (κ1) is 17.3. The normalized spacial score (nSPS) is 11.0. The minimum Gasteiger partial charge on any atom is -0.383 e.